The van der Waals surface area contributed by atoms with Crippen molar-refractivity contribution < 1.29 is 0 Å². The number of hydrogen-bond donors (Lipinski definition) is 1. The zero-order valence-electron chi connectivity index (χ0n) is 9.85. The summed E-state index contributed by atoms with van der Waals surface area (Å²) in [5.41, 5.74) is 1.81. The van der Waals surface area contributed by atoms with Crippen LogP contribution in [-0.2, 0) is 0 Å². The highest BCUT2D eigenvalue weighted by atomic mass is 32.1. The van der Waals surface area contributed by atoms with Crippen LogP contribution in [0.3, 0.4) is 0 Å². The van der Waals surface area contributed by atoms with Gasteiger partial charge in [0.25, 0.3) is 0 Å². The molecule has 1 atom stereocenters. The molecule has 0 radical (unpaired) electrons. The van der Waals surface area contributed by atoms with Gasteiger partial charge in [0.05, 0.1) is 11.6 Å². The molecule has 0 aliphatic carbocycles. The van der Waals surface area contributed by atoms with Gasteiger partial charge in [0.2, 0.25) is 0 Å². The second-order valence-electron chi connectivity index (χ2n) is 4.00. The van der Waals surface area contributed by atoms with E-state index in [1.807, 2.05) is 24.3 Å². The maximum atomic E-state index is 8.84. The number of benzene rings is 1. The van der Waals surface area contributed by atoms with Gasteiger partial charge in [-0.1, -0.05) is 19.4 Å². The van der Waals surface area contributed by atoms with E-state index < -0.39 is 0 Å². The number of rotatable bonds is 5. The first-order valence-electron chi connectivity index (χ1n) is 5.53. The number of anilines is 1. The summed E-state index contributed by atoms with van der Waals surface area (Å²) in [7, 11) is 2.06. The predicted octanol–water partition coefficient (Wildman–Crippen LogP) is 2.95. The predicted molar refractivity (Wildman–Crippen MR) is 72.1 cm³/mol. The van der Waals surface area contributed by atoms with Crippen molar-refractivity contribution in [1.82, 2.24) is 0 Å². The van der Waals surface area contributed by atoms with E-state index in [1.54, 1.807) is 0 Å². The van der Waals surface area contributed by atoms with Crippen LogP contribution in [-0.4, -0.2) is 19.3 Å². The van der Waals surface area contributed by atoms with E-state index in [1.165, 1.54) is 0 Å². The summed E-state index contributed by atoms with van der Waals surface area (Å²) in [6.45, 7) is 3.16. The molecule has 0 saturated carbocycles. The molecule has 1 rings (SSSR count). The summed E-state index contributed by atoms with van der Waals surface area (Å²) >= 11 is 4.34. The normalized spacial score (nSPS) is 11.9. The Kier molecular flexibility index (Phi) is 5.21. The molecule has 0 saturated heterocycles. The molecular weight excluding hydrogens is 216 g/mol. The summed E-state index contributed by atoms with van der Waals surface area (Å²) in [5.74, 6) is 1.50. The number of nitriles is 1. The fourth-order valence-corrected chi connectivity index (χ4v) is 2.00. The lowest BCUT2D eigenvalue weighted by Gasteiger charge is -2.24. The summed E-state index contributed by atoms with van der Waals surface area (Å²) < 4.78 is 0. The molecule has 0 aliphatic rings. The number of hydrogen-bond acceptors (Lipinski definition) is 3. The first-order chi connectivity index (χ1) is 7.71. The van der Waals surface area contributed by atoms with Crippen molar-refractivity contribution in [3.63, 3.8) is 0 Å². The molecule has 3 heteroatoms. The van der Waals surface area contributed by atoms with Crippen LogP contribution in [0.25, 0.3) is 0 Å². The lowest BCUT2D eigenvalue weighted by Crippen LogP contribution is -2.26. The van der Waals surface area contributed by atoms with Crippen molar-refractivity contribution in [3.05, 3.63) is 29.8 Å². The molecule has 1 aromatic carbocycles. The Labute approximate surface area is 103 Å². The second kappa shape index (κ2) is 6.44. The Morgan fingerprint density at radius 2 is 2.25 bits per heavy atom. The number of thiol groups is 1. The van der Waals surface area contributed by atoms with Crippen molar-refractivity contribution >= 4 is 18.3 Å². The van der Waals surface area contributed by atoms with Gasteiger partial charge in [-0.2, -0.15) is 17.9 Å². The molecular formula is C13H18N2S. The number of nitrogens with zero attached hydrogens (tertiary/aromatic N) is 2. The fraction of sp³-hybridized carbons (Fsp3) is 0.462. The van der Waals surface area contributed by atoms with Crippen LogP contribution in [0.1, 0.15) is 18.9 Å². The third-order valence-electron chi connectivity index (χ3n) is 2.78. The first-order valence-corrected chi connectivity index (χ1v) is 6.16. The van der Waals surface area contributed by atoms with Gasteiger partial charge in [-0.05, 0) is 29.9 Å². The van der Waals surface area contributed by atoms with Gasteiger partial charge in [0, 0.05) is 19.3 Å². The largest absolute Gasteiger partial charge is 0.374 e. The van der Waals surface area contributed by atoms with E-state index in [0.29, 0.717) is 11.5 Å². The molecule has 16 heavy (non-hydrogen) atoms. The Hall–Kier alpha value is -1.14. The lowest BCUT2D eigenvalue weighted by atomic mass is 10.1. The van der Waals surface area contributed by atoms with Gasteiger partial charge in [-0.25, -0.2) is 0 Å². The molecule has 0 heterocycles. The highest BCUT2D eigenvalue weighted by molar-refractivity contribution is 7.80. The van der Waals surface area contributed by atoms with Crippen molar-refractivity contribution in [2.24, 2.45) is 5.92 Å². The van der Waals surface area contributed by atoms with Gasteiger partial charge in [0.15, 0.2) is 0 Å². The monoisotopic (exact) mass is 234 g/mol. The first kappa shape index (κ1) is 12.9. The van der Waals surface area contributed by atoms with E-state index in [2.05, 4.69) is 37.6 Å². The summed E-state index contributed by atoms with van der Waals surface area (Å²) in [5, 5.41) is 8.84. The van der Waals surface area contributed by atoms with E-state index in [0.717, 1.165) is 24.4 Å². The summed E-state index contributed by atoms with van der Waals surface area (Å²) in [4.78, 5) is 2.19. The molecule has 1 unspecified atom stereocenters. The topological polar surface area (TPSA) is 27.0 Å². The minimum absolute atomic E-state index is 0.596. The third kappa shape index (κ3) is 3.46. The van der Waals surface area contributed by atoms with Gasteiger partial charge >= 0.3 is 0 Å². The Bertz CT molecular complexity index is 366. The van der Waals surface area contributed by atoms with E-state index in [-0.39, 0.29) is 0 Å². The van der Waals surface area contributed by atoms with Crippen LogP contribution in [0.4, 0.5) is 5.69 Å². The van der Waals surface area contributed by atoms with Crippen LogP contribution in [0.15, 0.2) is 24.3 Å². The van der Waals surface area contributed by atoms with E-state index in [9.17, 15) is 0 Å². The Morgan fingerprint density at radius 1 is 1.50 bits per heavy atom. The van der Waals surface area contributed by atoms with Crippen molar-refractivity contribution in [2.75, 3.05) is 24.2 Å². The Balaban J connectivity index is 2.72. The van der Waals surface area contributed by atoms with Gasteiger partial charge in [-0.15, -0.1) is 0 Å². The summed E-state index contributed by atoms with van der Waals surface area (Å²) in [6.07, 6.45) is 1.13. The fourth-order valence-electron chi connectivity index (χ4n) is 1.62. The maximum Gasteiger partial charge on any atom is 0.0992 e. The van der Waals surface area contributed by atoms with Crippen molar-refractivity contribution in [3.8, 4) is 6.07 Å². The van der Waals surface area contributed by atoms with Crippen LogP contribution in [0.5, 0.6) is 0 Å². The van der Waals surface area contributed by atoms with E-state index >= 15 is 0 Å². The summed E-state index contributed by atoms with van der Waals surface area (Å²) in [6, 6.07) is 9.87. The smallest absolute Gasteiger partial charge is 0.0992 e. The lowest BCUT2D eigenvalue weighted by molar-refractivity contribution is 0.570. The molecule has 0 fully saturated rings. The quantitative estimate of drug-likeness (QED) is 0.793. The van der Waals surface area contributed by atoms with Gasteiger partial charge < -0.3 is 4.90 Å². The zero-order valence-corrected chi connectivity index (χ0v) is 10.7. The van der Waals surface area contributed by atoms with Crippen LogP contribution in [0.2, 0.25) is 0 Å². The Morgan fingerprint density at radius 3 is 2.81 bits per heavy atom. The maximum absolute atomic E-state index is 8.84. The average molecular weight is 234 g/mol. The van der Waals surface area contributed by atoms with E-state index in [4.69, 9.17) is 5.26 Å². The average Bonchev–Trinajstić information content (AvgIpc) is 2.35. The van der Waals surface area contributed by atoms with Gasteiger partial charge in [0.1, 0.15) is 0 Å². The van der Waals surface area contributed by atoms with Gasteiger partial charge in [-0.3, -0.25) is 0 Å². The molecule has 1 aromatic rings. The molecule has 0 amide bonds. The third-order valence-corrected chi connectivity index (χ3v) is 3.30. The SMILES string of the molecule is CCC(CS)CN(C)c1cccc(C#N)c1. The zero-order chi connectivity index (χ0) is 12.0. The van der Waals surface area contributed by atoms with Crippen molar-refractivity contribution in [2.45, 2.75) is 13.3 Å². The molecule has 2 nitrogen and oxygen atoms in total. The highest BCUT2D eigenvalue weighted by Crippen LogP contribution is 2.17. The van der Waals surface area contributed by atoms with Crippen molar-refractivity contribution in [1.29, 1.82) is 5.26 Å². The molecule has 86 valence electrons. The van der Waals surface area contributed by atoms with Crippen LogP contribution >= 0.6 is 12.6 Å². The molecule has 0 N–H and O–H groups in total. The second-order valence-corrected chi connectivity index (χ2v) is 4.36. The molecule has 0 spiro atoms. The highest BCUT2D eigenvalue weighted by Gasteiger charge is 2.08. The standard InChI is InChI=1S/C13H18N2S/c1-3-11(10-16)9-15(2)13-6-4-5-12(7-13)8-14/h4-7,11,16H,3,9-10H2,1-2H3. The van der Waals surface area contributed by atoms with Crippen LogP contribution < -0.4 is 4.90 Å². The molecule has 0 bridgehead atoms. The molecule has 0 aromatic heterocycles. The minimum Gasteiger partial charge on any atom is -0.374 e. The minimum atomic E-state index is 0.596. The molecule has 0 aliphatic heterocycles. The van der Waals surface area contributed by atoms with Crippen LogP contribution in [0, 0.1) is 17.2 Å².